The molecule has 0 radical (unpaired) electrons. The first kappa shape index (κ1) is 13.7. The van der Waals surface area contributed by atoms with Crippen molar-refractivity contribution < 1.29 is 9.59 Å². The smallest absolute Gasteiger partial charge is 0.319 e. The van der Waals surface area contributed by atoms with E-state index in [1.807, 2.05) is 30.8 Å². The molecule has 1 saturated heterocycles. The Labute approximate surface area is 116 Å². The highest BCUT2D eigenvalue weighted by molar-refractivity contribution is 8.00. The van der Waals surface area contributed by atoms with Crippen LogP contribution in [0.2, 0.25) is 0 Å². The van der Waals surface area contributed by atoms with E-state index < -0.39 is 0 Å². The lowest BCUT2D eigenvalue weighted by Crippen LogP contribution is -2.45. The number of thioether (sulfide) groups is 1. The number of aryl methyl sites for hydroxylation is 1. The molecule has 3 N–H and O–H groups in total. The zero-order chi connectivity index (χ0) is 13.8. The maximum atomic E-state index is 11.7. The van der Waals surface area contributed by atoms with Crippen molar-refractivity contribution in [1.29, 1.82) is 0 Å². The number of rotatable bonds is 3. The van der Waals surface area contributed by atoms with Gasteiger partial charge in [0.2, 0.25) is 5.91 Å². The fraction of sp³-hybridized carbons (Fsp3) is 0.385. The van der Waals surface area contributed by atoms with Crippen LogP contribution >= 0.6 is 11.8 Å². The third-order valence-corrected chi connectivity index (χ3v) is 4.06. The fourth-order valence-electron chi connectivity index (χ4n) is 1.70. The molecule has 0 bridgehead atoms. The van der Waals surface area contributed by atoms with Gasteiger partial charge in [-0.1, -0.05) is 6.07 Å². The van der Waals surface area contributed by atoms with Gasteiger partial charge in [0.15, 0.2) is 0 Å². The zero-order valence-electron chi connectivity index (χ0n) is 10.9. The molecule has 1 aromatic carbocycles. The SMILES string of the molecule is CC(=O)Nc1cc(NC(=O)NC2CSC2)ccc1C. The number of carbonyl (C=O) groups is 2. The van der Waals surface area contributed by atoms with E-state index in [-0.39, 0.29) is 18.0 Å². The Morgan fingerprint density at radius 2 is 2.00 bits per heavy atom. The molecule has 1 fully saturated rings. The van der Waals surface area contributed by atoms with Gasteiger partial charge in [-0.2, -0.15) is 11.8 Å². The molecule has 5 nitrogen and oxygen atoms in total. The maximum absolute atomic E-state index is 11.7. The van der Waals surface area contributed by atoms with Gasteiger partial charge < -0.3 is 16.0 Å². The van der Waals surface area contributed by atoms with E-state index in [4.69, 9.17) is 0 Å². The van der Waals surface area contributed by atoms with E-state index in [1.165, 1.54) is 6.92 Å². The van der Waals surface area contributed by atoms with E-state index in [2.05, 4.69) is 16.0 Å². The zero-order valence-corrected chi connectivity index (χ0v) is 11.8. The number of urea groups is 1. The second kappa shape index (κ2) is 5.97. The van der Waals surface area contributed by atoms with Crippen molar-refractivity contribution in [2.75, 3.05) is 22.1 Å². The molecule has 102 valence electrons. The van der Waals surface area contributed by atoms with Crippen LogP contribution in [-0.2, 0) is 4.79 Å². The second-order valence-electron chi connectivity index (χ2n) is 4.54. The molecule has 19 heavy (non-hydrogen) atoms. The van der Waals surface area contributed by atoms with Crippen molar-refractivity contribution in [3.63, 3.8) is 0 Å². The summed E-state index contributed by atoms with van der Waals surface area (Å²) in [6, 6.07) is 5.50. The van der Waals surface area contributed by atoms with Crippen molar-refractivity contribution in [2.45, 2.75) is 19.9 Å². The van der Waals surface area contributed by atoms with E-state index in [9.17, 15) is 9.59 Å². The minimum absolute atomic E-state index is 0.129. The Bertz CT molecular complexity index is 501. The van der Waals surface area contributed by atoms with Gasteiger partial charge in [-0.25, -0.2) is 4.79 Å². The van der Waals surface area contributed by atoms with Crippen LogP contribution in [0.25, 0.3) is 0 Å². The first-order chi connectivity index (χ1) is 9.04. The van der Waals surface area contributed by atoms with E-state index in [1.54, 1.807) is 6.07 Å². The summed E-state index contributed by atoms with van der Waals surface area (Å²) in [5.41, 5.74) is 2.33. The largest absolute Gasteiger partial charge is 0.333 e. The number of hydrogen-bond donors (Lipinski definition) is 3. The number of nitrogens with one attached hydrogen (secondary N) is 3. The first-order valence-corrected chi connectivity index (χ1v) is 7.23. The average Bonchev–Trinajstić information content (AvgIpc) is 2.28. The summed E-state index contributed by atoms with van der Waals surface area (Å²) in [5.74, 6) is 1.81. The third-order valence-electron chi connectivity index (χ3n) is 2.78. The number of anilines is 2. The van der Waals surface area contributed by atoms with Crippen LogP contribution in [0.5, 0.6) is 0 Å². The third kappa shape index (κ3) is 3.89. The van der Waals surface area contributed by atoms with Crippen molar-refractivity contribution in [1.82, 2.24) is 5.32 Å². The van der Waals surface area contributed by atoms with Gasteiger partial charge in [-0.3, -0.25) is 4.79 Å². The van der Waals surface area contributed by atoms with Crippen LogP contribution in [-0.4, -0.2) is 29.5 Å². The van der Waals surface area contributed by atoms with E-state index in [0.29, 0.717) is 11.4 Å². The van der Waals surface area contributed by atoms with Crippen molar-refractivity contribution >= 4 is 35.1 Å². The molecular formula is C13H17N3O2S. The monoisotopic (exact) mass is 279 g/mol. The molecule has 1 aliphatic heterocycles. The molecule has 0 unspecified atom stereocenters. The van der Waals surface area contributed by atoms with Crippen LogP contribution in [0.4, 0.5) is 16.2 Å². The summed E-state index contributed by atoms with van der Waals surface area (Å²) < 4.78 is 0. The Balaban J connectivity index is 1.99. The van der Waals surface area contributed by atoms with Gasteiger partial charge in [0, 0.05) is 35.8 Å². The topological polar surface area (TPSA) is 70.2 Å². The lowest BCUT2D eigenvalue weighted by molar-refractivity contribution is -0.114. The molecule has 0 spiro atoms. The lowest BCUT2D eigenvalue weighted by atomic mass is 10.2. The normalized spacial score (nSPS) is 14.4. The molecule has 3 amide bonds. The molecule has 6 heteroatoms. The number of benzene rings is 1. The highest BCUT2D eigenvalue weighted by Gasteiger charge is 2.19. The standard InChI is InChI=1S/C13H17N3O2S/c1-8-3-4-10(5-12(8)14-9(2)17)15-13(18)16-11-6-19-7-11/h3-5,11H,6-7H2,1-2H3,(H,14,17)(H2,15,16,18). The average molecular weight is 279 g/mol. The second-order valence-corrected chi connectivity index (χ2v) is 5.62. The number of carbonyl (C=O) groups excluding carboxylic acids is 2. The Hall–Kier alpha value is -1.69. The molecule has 0 aliphatic carbocycles. The Morgan fingerprint density at radius 3 is 2.58 bits per heavy atom. The molecular weight excluding hydrogens is 262 g/mol. The number of hydrogen-bond acceptors (Lipinski definition) is 3. The van der Waals surface area contributed by atoms with Gasteiger partial charge in [0.05, 0.1) is 0 Å². The summed E-state index contributed by atoms with van der Waals surface area (Å²) in [7, 11) is 0. The number of amides is 3. The van der Waals surface area contributed by atoms with Crippen LogP contribution in [0.15, 0.2) is 18.2 Å². The van der Waals surface area contributed by atoms with Crippen molar-refractivity contribution in [3.8, 4) is 0 Å². The predicted molar refractivity (Wildman–Crippen MR) is 78.8 cm³/mol. The summed E-state index contributed by atoms with van der Waals surface area (Å²) in [5, 5.41) is 8.39. The highest BCUT2D eigenvalue weighted by Crippen LogP contribution is 2.21. The summed E-state index contributed by atoms with van der Waals surface area (Å²) >= 11 is 1.81. The summed E-state index contributed by atoms with van der Waals surface area (Å²) in [4.78, 5) is 22.8. The van der Waals surface area contributed by atoms with Crippen molar-refractivity contribution in [2.24, 2.45) is 0 Å². The Kier molecular flexibility index (Phi) is 4.31. The van der Waals surface area contributed by atoms with Crippen LogP contribution in [0.3, 0.4) is 0 Å². The molecule has 0 saturated carbocycles. The lowest BCUT2D eigenvalue weighted by Gasteiger charge is -2.25. The van der Waals surface area contributed by atoms with Crippen LogP contribution < -0.4 is 16.0 Å². The van der Waals surface area contributed by atoms with Gasteiger partial charge in [0.25, 0.3) is 0 Å². The molecule has 0 atom stereocenters. The van der Waals surface area contributed by atoms with Gasteiger partial charge >= 0.3 is 6.03 Å². The van der Waals surface area contributed by atoms with Crippen molar-refractivity contribution in [3.05, 3.63) is 23.8 Å². The van der Waals surface area contributed by atoms with Crippen LogP contribution in [0, 0.1) is 6.92 Å². The minimum Gasteiger partial charge on any atom is -0.333 e. The Morgan fingerprint density at radius 1 is 1.26 bits per heavy atom. The summed E-state index contributed by atoms with van der Waals surface area (Å²) in [6.07, 6.45) is 0. The molecule has 2 rings (SSSR count). The van der Waals surface area contributed by atoms with E-state index in [0.717, 1.165) is 17.1 Å². The van der Waals surface area contributed by atoms with Gasteiger partial charge in [-0.05, 0) is 24.6 Å². The van der Waals surface area contributed by atoms with Gasteiger partial charge in [-0.15, -0.1) is 0 Å². The first-order valence-electron chi connectivity index (χ1n) is 6.08. The maximum Gasteiger partial charge on any atom is 0.319 e. The van der Waals surface area contributed by atoms with Crippen LogP contribution in [0.1, 0.15) is 12.5 Å². The quantitative estimate of drug-likeness (QED) is 0.794. The fourth-order valence-corrected chi connectivity index (χ4v) is 2.33. The molecule has 1 heterocycles. The van der Waals surface area contributed by atoms with E-state index >= 15 is 0 Å². The molecule has 1 aromatic rings. The van der Waals surface area contributed by atoms with Gasteiger partial charge in [0.1, 0.15) is 0 Å². The molecule has 1 aliphatic rings. The predicted octanol–water partition coefficient (Wildman–Crippen LogP) is 2.19. The minimum atomic E-state index is -0.206. The molecule has 0 aromatic heterocycles. The summed E-state index contributed by atoms with van der Waals surface area (Å²) in [6.45, 7) is 3.36. The highest BCUT2D eigenvalue weighted by atomic mass is 32.2.